The molecule has 0 bridgehead atoms. The molecular weight excluding hydrogens is 584 g/mol. The molecule has 0 aliphatic carbocycles. The fraction of sp³-hybridized carbons (Fsp3) is 0. The van der Waals surface area contributed by atoms with Crippen LogP contribution in [0.2, 0.25) is 0 Å². The fourth-order valence-corrected chi connectivity index (χ4v) is 4.01. The molecule has 2 aromatic rings. The Labute approximate surface area is 168 Å². The summed E-state index contributed by atoms with van der Waals surface area (Å²) in [5.41, 5.74) is -0.273. The van der Waals surface area contributed by atoms with Crippen molar-refractivity contribution in [2.24, 2.45) is 0 Å². The van der Waals surface area contributed by atoms with Crippen LogP contribution in [0.15, 0.2) is 30.4 Å². The number of carbonyl (C=O) groups excluding carboxylic acids is 1. The second kappa shape index (κ2) is 7.54. The highest BCUT2D eigenvalue weighted by Gasteiger charge is 2.34. The van der Waals surface area contributed by atoms with E-state index in [0.717, 1.165) is 0 Å². The van der Waals surface area contributed by atoms with Gasteiger partial charge in [0.2, 0.25) is 17.4 Å². The number of esters is 1. The Hall–Kier alpha value is -1.02. The van der Waals surface area contributed by atoms with E-state index in [1.54, 1.807) is 0 Å². The van der Waals surface area contributed by atoms with Gasteiger partial charge in [0.1, 0.15) is 0 Å². The van der Waals surface area contributed by atoms with E-state index in [1.165, 1.54) is 12.1 Å². The lowest BCUT2D eigenvalue weighted by molar-refractivity contribution is 0.0715. The Morgan fingerprint density at radius 3 is 1.92 bits per heavy atom. The minimum Gasteiger partial charge on any atom is -0.416 e. The Morgan fingerprint density at radius 2 is 1.46 bits per heavy atom. The van der Waals surface area contributed by atoms with Gasteiger partial charge in [0.05, 0.1) is 5.56 Å². The summed E-state index contributed by atoms with van der Waals surface area (Å²) < 4.78 is 90.9. The van der Waals surface area contributed by atoms with Crippen LogP contribution in [-0.4, -0.2) is 18.9 Å². The second-order valence-electron chi connectivity index (χ2n) is 4.53. The third-order valence-electron chi connectivity index (χ3n) is 2.85. The molecule has 2 rings (SSSR count). The number of hydrogen-bond acceptors (Lipinski definition) is 4. The summed E-state index contributed by atoms with van der Waals surface area (Å²) in [6.45, 7) is 0. The molecule has 26 heavy (non-hydrogen) atoms. The van der Waals surface area contributed by atoms with Gasteiger partial charge in [-0.05, 0) is 44.0 Å². The first-order valence-corrected chi connectivity index (χ1v) is 9.88. The molecule has 0 fully saturated rings. The molecule has 1 N–H and O–H groups in total. The van der Waals surface area contributed by atoms with Crippen LogP contribution in [0.5, 0.6) is 5.75 Å². The average molecular weight is 587 g/mol. The number of carbonyl (C=O) groups is 1. The normalized spacial score (nSPS) is 11.5. The van der Waals surface area contributed by atoms with Crippen molar-refractivity contribution in [1.29, 1.82) is 0 Å². The molecule has 0 spiro atoms. The molecule has 2 aromatic carbocycles. The van der Waals surface area contributed by atoms with Gasteiger partial charge in [-0.25, -0.2) is 13.6 Å². The first kappa shape index (κ1) is 21.3. The molecule has 0 aromatic heterocycles. The monoisotopic (exact) mass is 584 g/mol. The number of ether oxygens (including phenoxy) is 1. The van der Waals surface area contributed by atoms with Gasteiger partial charge in [-0.2, -0.15) is 17.2 Å². The maximum absolute atomic E-state index is 13.9. The predicted octanol–water partition coefficient (Wildman–Crippen LogP) is 5.00. The van der Waals surface area contributed by atoms with E-state index in [2.05, 4.69) is 52.5 Å². The summed E-state index contributed by atoms with van der Waals surface area (Å²) in [4.78, 5) is 9.87. The Balaban J connectivity index is 2.60. The molecule has 0 heterocycles. The highest BCUT2D eigenvalue weighted by molar-refractivity contribution is 9.13. The first-order valence-electron chi connectivity index (χ1n) is 6.06. The molecule has 0 saturated heterocycles. The summed E-state index contributed by atoms with van der Waals surface area (Å²) >= 11 is 9.17. The molecule has 0 unspecified atom stereocenters. The predicted molar refractivity (Wildman–Crippen MR) is 90.6 cm³/mol. The van der Waals surface area contributed by atoms with Crippen molar-refractivity contribution in [2.45, 2.75) is 4.90 Å². The van der Waals surface area contributed by atoms with Crippen molar-refractivity contribution in [2.75, 3.05) is 0 Å². The first-order chi connectivity index (χ1) is 11.9. The number of hydrogen-bond donors (Lipinski definition) is 1. The summed E-state index contributed by atoms with van der Waals surface area (Å²) in [7, 11) is -5.61. The Bertz CT molecular complexity index is 1010. The maximum atomic E-state index is 13.9. The molecule has 0 aliphatic rings. The van der Waals surface area contributed by atoms with E-state index >= 15 is 0 Å². The van der Waals surface area contributed by atoms with Crippen molar-refractivity contribution in [1.82, 2.24) is 0 Å². The third kappa shape index (κ3) is 3.96. The smallest absolute Gasteiger partial charge is 0.344 e. The number of rotatable bonds is 3. The summed E-state index contributed by atoms with van der Waals surface area (Å²) in [5.74, 6) is -12.7. The molecule has 0 amide bonds. The topological polar surface area (TPSA) is 80.7 Å². The quantitative estimate of drug-likeness (QED) is 0.180. The molecule has 0 radical (unpaired) electrons. The zero-order chi connectivity index (χ0) is 20.0. The van der Waals surface area contributed by atoms with Gasteiger partial charge in [-0.3, -0.25) is 4.55 Å². The third-order valence-corrected chi connectivity index (χ3v) is 6.19. The van der Waals surface area contributed by atoms with Crippen molar-refractivity contribution in [3.05, 3.63) is 54.4 Å². The van der Waals surface area contributed by atoms with Crippen molar-refractivity contribution in [3.63, 3.8) is 0 Å². The molecular formula is C13H3Br3F4O5S. The molecule has 0 atom stereocenters. The van der Waals surface area contributed by atoms with E-state index in [9.17, 15) is 30.8 Å². The van der Waals surface area contributed by atoms with Gasteiger partial charge in [0.25, 0.3) is 0 Å². The molecule has 140 valence electrons. The van der Waals surface area contributed by atoms with Crippen LogP contribution in [0, 0.1) is 23.3 Å². The minimum absolute atomic E-state index is 0.113. The largest absolute Gasteiger partial charge is 0.416 e. The molecule has 0 aliphatic heterocycles. The number of benzene rings is 2. The SMILES string of the molecule is O=C(Oc1c(F)c(F)c(S(=O)(=O)O)c(F)c1F)c1cc(Br)cc(Br)c1Br. The summed E-state index contributed by atoms with van der Waals surface area (Å²) in [6.07, 6.45) is 0. The van der Waals surface area contributed by atoms with Gasteiger partial charge in [-0.1, -0.05) is 15.9 Å². The fourth-order valence-electron chi connectivity index (χ4n) is 1.76. The van der Waals surface area contributed by atoms with Gasteiger partial charge in [0.15, 0.2) is 16.5 Å². The van der Waals surface area contributed by atoms with Crippen molar-refractivity contribution < 1.29 is 40.1 Å². The highest BCUT2D eigenvalue weighted by atomic mass is 79.9. The summed E-state index contributed by atoms with van der Waals surface area (Å²) in [6, 6.07) is 2.70. The van der Waals surface area contributed by atoms with E-state index in [-0.39, 0.29) is 10.0 Å². The van der Waals surface area contributed by atoms with Crippen LogP contribution < -0.4 is 4.74 Å². The molecule has 5 nitrogen and oxygen atoms in total. The van der Waals surface area contributed by atoms with Crippen LogP contribution in [0.4, 0.5) is 17.6 Å². The number of halogens is 7. The van der Waals surface area contributed by atoms with Crippen molar-refractivity contribution >= 4 is 63.9 Å². The van der Waals surface area contributed by atoms with E-state index in [0.29, 0.717) is 8.95 Å². The van der Waals surface area contributed by atoms with Gasteiger partial charge >= 0.3 is 16.1 Å². The minimum atomic E-state index is -5.61. The van der Waals surface area contributed by atoms with E-state index in [1.807, 2.05) is 0 Å². The van der Waals surface area contributed by atoms with E-state index < -0.39 is 50.0 Å². The lowest BCUT2D eigenvalue weighted by Crippen LogP contribution is -2.16. The van der Waals surface area contributed by atoms with Crippen molar-refractivity contribution in [3.8, 4) is 5.75 Å². The summed E-state index contributed by atoms with van der Waals surface area (Å²) in [5, 5.41) is 0. The Kier molecular flexibility index (Phi) is 6.17. The lowest BCUT2D eigenvalue weighted by Gasteiger charge is -2.12. The highest BCUT2D eigenvalue weighted by Crippen LogP contribution is 2.35. The second-order valence-corrected chi connectivity index (χ2v) is 8.45. The van der Waals surface area contributed by atoms with Crippen LogP contribution >= 0.6 is 47.8 Å². The maximum Gasteiger partial charge on any atom is 0.344 e. The lowest BCUT2D eigenvalue weighted by atomic mass is 10.2. The Morgan fingerprint density at radius 1 is 0.962 bits per heavy atom. The van der Waals surface area contributed by atoms with E-state index in [4.69, 9.17) is 4.55 Å². The average Bonchev–Trinajstić information content (AvgIpc) is 2.51. The molecule has 13 heteroatoms. The zero-order valence-electron chi connectivity index (χ0n) is 11.8. The molecule has 0 saturated carbocycles. The van der Waals surface area contributed by atoms with Crippen LogP contribution in [0.25, 0.3) is 0 Å². The van der Waals surface area contributed by atoms with Crippen LogP contribution in [-0.2, 0) is 10.1 Å². The van der Waals surface area contributed by atoms with Crippen LogP contribution in [0.3, 0.4) is 0 Å². The van der Waals surface area contributed by atoms with Gasteiger partial charge in [-0.15, -0.1) is 0 Å². The van der Waals surface area contributed by atoms with Gasteiger partial charge < -0.3 is 4.74 Å². The zero-order valence-corrected chi connectivity index (χ0v) is 17.4. The van der Waals surface area contributed by atoms with Crippen LogP contribution in [0.1, 0.15) is 10.4 Å². The standard InChI is InChI=1S/C13H3Br3F4O5S/c14-3-1-4(6(16)5(15)2-3)13(21)25-11-7(17)9(19)12(26(22,23)24)10(20)8(11)18/h1-2H,(H,22,23,24). The van der Waals surface area contributed by atoms with Gasteiger partial charge in [0, 0.05) is 13.4 Å².